The summed E-state index contributed by atoms with van der Waals surface area (Å²) in [4.78, 5) is 0. The molecule has 0 atom stereocenters. The van der Waals surface area contributed by atoms with Crippen molar-refractivity contribution in [2.75, 3.05) is 21.3 Å². The molecule has 0 aromatic heterocycles. The Morgan fingerprint density at radius 3 is 0.960 bits per heavy atom. The van der Waals surface area contributed by atoms with Gasteiger partial charge >= 0.3 is 0 Å². The van der Waals surface area contributed by atoms with E-state index < -0.39 is 0 Å². The van der Waals surface area contributed by atoms with Crippen LogP contribution in [-0.4, -0.2) is 21.3 Å². The normalized spacial score (nSPS) is 8.28. The SMILES string of the molecule is COc1c[c-]ccc1.COc1c[c-]ccc1.COc1c[c-]ccc1.[Os]. The maximum Gasteiger partial charge on any atom is 0.0606 e. The first-order valence-electron chi connectivity index (χ1n) is 7.30. The van der Waals surface area contributed by atoms with Crippen molar-refractivity contribution in [1.82, 2.24) is 0 Å². The fraction of sp³-hybridized carbons (Fsp3) is 0.143. The molecule has 0 unspecified atom stereocenters. The van der Waals surface area contributed by atoms with Crippen LogP contribution in [0.25, 0.3) is 0 Å². The van der Waals surface area contributed by atoms with Crippen LogP contribution in [0, 0.1) is 18.2 Å². The molecule has 0 spiro atoms. The van der Waals surface area contributed by atoms with Gasteiger partial charge in [-0.3, -0.25) is 0 Å². The van der Waals surface area contributed by atoms with Gasteiger partial charge in [-0.15, -0.1) is 36.4 Å². The van der Waals surface area contributed by atoms with Gasteiger partial charge in [0, 0.05) is 37.0 Å². The van der Waals surface area contributed by atoms with Gasteiger partial charge in [-0.2, -0.15) is 54.6 Å². The average Bonchev–Trinajstić information content (AvgIpc) is 2.71. The molecule has 0 aliphatic heterocycles. The second kappa shape index (κ2) is 15.2. The Morgan fingerprint density at radius 2 is 0.840 bits per heavy atom. The fourth-order valence-corrected chi connectivity index (χ4v) is 1.51. The minimum absolute atomic E-state index is 0. The number of ether oxygens (including phenoxy) is 3. The average molecular weight is 512 g/mol. The first kappa shape index (κ1) is 22.7. The van der Waals surface area contributed by atoms with Gasteiger partial charge in [0.1, 0.15) is 0 Å². The summed E-state index contributed by atoms with van der Waals surface area (Å²) < 4.78 is 14.6. The van der Waals surface area contributed by atoms with Gasteiger partial charge in [-0.05, 0) is 0 Å². The van der Waals surface area contributed by atoms with E-state index in [4.69, 9.17) is 14.2 Å². The van der Waals surface area contributed by atoms with Gasteiger partial charge in [0.25, 0.3) is 0 Å². The second-order valence-electron chi connectivity index (χ2n) is 4.33. The Kier molecular flexibility index (Phi) is 13.8. The summed E-state index contributed by atoms with van der Waals surface area (Å²) in [6.07, 6.45) is 0. The minimum Gasteiger partial charge on any atom is -0.554 e. The quantitative estimate of drug-likeness (QED) is 0.486. The summed E-state index contributed by atoms with van der Waals surface area (Å²) in [7, 11) is 4.93. The minimum atomic E-state index is 0. The fourth-order valence-electron chi connectivity index (χ4n) is 1.51. The van der Waals surface area contributed by atoms with E-state index in [1.807, 2.05) is 54.6 Å². The molecule has 0 bridgehead atoms. The Balaban J connectivity index is 0.000000339. The summed E-state index contributed by atoms with van der Waals surface area (Å²) in [5.41, 5.74) is 0. The number of methoxy groups -OCH3 is 3. The molecular formula is C21H21O3Os-3. The molecule has 3 rings (SSSR count). The molecule has 25 heavy (non-hydrogen) atoms. The molecule has 0 fully saturated rings. The summed E-state index contributed by atoms with van der Waals surface area (Å²) in [6, 6.07) is 30.9. The summed E-state index contributed by atoms with van der Waals surface area (Å²) in [5, 5.41) is 0. The predicted octanol–water partition coefficient (Wildman–Crippen LogP) is 4.48. The van der Waals surface area contributed by atoms with E-state index in [0.717, 1.165) is 17.2 Å². The van der Waals surface area contributed by atoms with Gasteiger partial charge in [-0.1, -0.05) is 0 Å². The molecule has 4 heteroatoms. The molecule has 0 saturated carbocycles. The maximum absolute atomic E-state index is 4.88. The predicted molar refractivity (Wildman–Crippen MR) is 95.5 cm³/mol. The molecule has 0 saturated heterocycles. The zero-order valence-corrected chi connectivity index (χ0v) is 17.0. The van der Waals surface area contributed by atoms with Crippen LogP contribution >= 0.6 is 0 Å². The standard InChI is InChI=1S/3C7H7O.Os/c3*1-8-7-5-3-2-4-6-7;/h3*2-3,5-6H,1H3;/q3*-1;. The molecule has 0 amide bonds. The molecule has 0 radical (unpaired) electrons. The molecule has 3 aromatic rings. The zero-order chi connectivity index (χ0) is 17.5. The van der Waals surface area contributed by atoms with Gasteiger partial charge < -0.3 is 14.2 Å². The number of benzene rings is 3. The van der Waals surface area contributed by atoms with Crippen LogP contribution in [0.15, 0.2) is 72.8 Å². The van der Waals surface area contributed by atoms with Crippen LogP contribution in [0.2, 0.25) is 0 Å². The molecule has 0 aliphatic carbocycles. The Hall–Kier alpha value is -2.30. The second-order valence-corrected chi connectivity index (χ2v) is 4.33. The number of hydrogen-bond acceptors (Lipinski definition) is 3. The van der Waals surface area contributed by atoms with Crippen LogP contribution in [0.4, 0.5) is 0 Å². The van der Waals surface area contributed by atoms with E-state index in [9.17, 15) is 0 Å². The van der Waals surface area contributed by atoms with Crippen LogP contribution in [0.1, 0.15) is 0 Å². The van der Waals surface area contributed by atoms with Crippen LogP contribution < -0.4 is 14.2 Å². The van der Waals surface area contributed by atoms with Gasteiger partial charge in [0.2, 0.25) is 0 Å². The van der Waals surface area contributed by atoms with Crippen molar-refractivity contribution in [3.63, 3.8) is 0 Å². The van der Waals surface area contributed by atoms with Crippen molar-refractivity contribution in [2.45, 2.75) is 0 Å². The summed E-state index contributed by atoms with van der Waals surface area (Å²) in [5.74, 6) is 2.56. The van der Waals surface area contributed by atoms with E-state index >= 15 is 0 Å². The monoisotopic (exact) mass is 513 g/mol. The number of hydrogen-bond donors (Lipinski definition) is 0. The van der Waals surface area contributed by atoms with Crippen molar-refractivity contribution in [1.29, 1.82) is 0 Å². The molecular weight excluding hydrogens is 490 g/mol. The third-order valence-corrected chi connectivity index (χ3v) is 2.74. The zero-order valence-electron chi connectivity index (χ0n) is 14.5. The molecule has 3 nitrogen and oxygen atoms in total. The topological polar surface area (TPSA) is 27.7 Å². The van der Waals surface area contributed by atoms with Crippen LogP contribution in [0.3, 0.4) is 0 Å². The van der Waals surface area contributed by atoms with Crippen LogP contribution in [0.5, 0.6) is 17.2 Å². The van der Waals surface area contributed by atoms with Gasteiger partial charge in [-0.25, -0.2) is 0 Å². The van der Waals surface area contributed by atoms with Gasteiger partial charge in [0.15, 0.2) is 0 Å². The molecule has 0 heterocycles. The van der Waals surface area contributed by atoms with Crippen LogP contribution in [-0.2, 0) is 19.8 Å². The smallest absolute Gasteiger partial charge is 0.0606 e. The van der Waals surface area contributed by atoms with E-state index in [1.165, 1.54) is 0 Å². The maximum atomic E-state index is 4.88. The first-order chi connectivity index (χ1) is 11.8. The molecule has 134 valence electrons. The summed E-state index contributed by atoms with van der Waals surface area (Å²) >= 11 is 0. The Bertz CT molecular complexity index is 537. The number of rotatable bonds is 3. The van der Waals surface area contributed by atoms with Crippen molar-refractivity contribution in [3.8, 4) is 17.2 Å². The first-order valence-corrected chi connectivity index (χ1v) is 7.30. The molecule has 3 aromatic carbocycles. The van der Waals surface area contributed by atoms with E-state index in [-0.39, 0.29) is 19.8 Å². The van der Waals surface area contributed by atoms with E-state index in [1.54, 1.807) is 39.5 Å². The summed E-state index contributed by atoms with van der Waals surface area (Å²) in [6.45, 7) is 0. The third kappa shape index (κ3) is 11.0. The van der Waals surface area contributed by atoms with E-state index in [2.05, 4.69) is 18.2 Å². The van der Waals surface area contributed by atoms with Gasteiger partial charge in [0.05, 0.1) is 21.3 Å². The van der Waals surface area contributed by atoms with Crippen molar-refractivity contribution in [3.05, 3.63) is 91.0 Å². The molecule has 0 aliphatic rings. The third-order valence-electron chi connectivity index (χ3n) is 2.74. The van der Waals surface area contributed by atoms with Crippen molar-refractivity contribution in [2.24, 2.45) is 0 Å². The Labute approximate surface area is 163 Å². The largest absolute Gasteiger partial charge is 0.554 e. The Morgan fingerprint density at radius 1 is 0.560 bits per heavy atom. The van der Waals surface area contributed by atoms with Crippen molar-refractivity contribution >= 4 is 0 Å². The van der Waals surface area contributed by atoms with E-state index in [0.29, 0.717) is 0 Å². The molecule has 0 N–H and O–H groups in total. The van der Waals surface area contributed by atoms with Crippen molar-refractivity contribution < 1.29 is 34.0 Å².